The van der Waals surface area contributed by atoms with E-state index in [4.69, 9.17) is 23.2 Å². The minimum absolute atomic E-state index is 0.317. The summed E-state index contributed by atoms with van der Waals surface area (Å²) in [5, 5.41) is 5.31. The number of nitrogens with zero attached hydrogens (tertiary/aromatic N) is 4. The van der Waals surface area contributed by atoms with Crippen LogP contribution in [0.25, 0.3) is 11.3 Å². The molecular weight excluding hydrogens is 433 g/mol. The topological polar surface area (TPSA) is 63.7 Å². The monoisotopic (exact) mass is 453 g/mol. The van der Waals surface area contributed by atoms with E-state index < -0.39 is 0 Å². The van der Waals surface area contributed by atoms with Gasteiger partial charge in [0.05, 0.1) is 11.9 Å². The Bertz CT molecular complexity index is 1330. The highest BCUT2D eigenvalue weighted by atomic mass is 35.5. The maximum absolute atomic E-state index is 12.8. The zero-order valence-corrected chi connectivity index (χ0v) is 19.1. The molecule has 31 heavy (non-hydrogen) atoms. The van der Waals surface area contributed by atoms with Crippen LogP contribution in [-0.2, 0) is 0 Å². The smallest absolute Gasteiger partial charge is 0.290 e. The number of carbonyl (C=O) groups is 1. The lowest BCUT2D eigenvalue weighted by molar-refractivity contribution is 0.0948. The van der Waals surface area contributed by atoms with Gasteiger partial charge >= 0.3 is 0 Å². The van der Waals surface area contributed by atoms with Crippen LogP contribution in [0, 0.1) is 27.7 Å². The van der Waals surface area contributed by atoms with Gasteiger partial charge in [0.15, 0.2) is 0 Å². The lowest BCUT2D eigenvalue weighted by atomic mass is 10.2. The first-order valence-electron chi connectivity index (χ1n) is 9.68. The van der Waals surface area contributed by atoms with Crippen LogP contribution in [0.15, 0.2) is 47.7 Å². The van der Waals surface area contributed by atoms with Crippen molar-refractivity contribution in [2.75, 3.05) is 0 Å². The van der Waals surface area contributed by atoms with E-state index in [1.54, 1.807) is 16.7 Å². The lowest BCUT2D eigenvalue weighted by Gasteiger charge is -2.10. The van der Waals surface area contributed by atoms with Crippen molar-refractivity contribution >= 4 is 41.0 Å². The van der Waals surface area contributed by atoms with Crippen LogP contribution in [0.1, 0.15) is 38.7 Å². The molecule has 0 fully saturated rings. The number of carbonyl (C=O) groups excluding carboxylic acids is 1. The first kappa shape index (κ1) is 21.2. The summed E-state index contributed by atoms with van der Waals surface area (Å²) in [6.07, 6.45) is 3.52. The average Bonchev–Trinajstić information content (AvgIpc) is 3.15. The largest absolute Gasteiger partial charge is 0.318 e. The Morgan fingerprint density at radius 2 is 1.77 bits per heavy atom. The number of hydrazone groups is 1. The molecule has 0 bridgehead atoms. The molecule has 1 N–H and O–H groups in total. The first-order valence-corrected chi connectivity index (χ1v) is 10.4. The molecule has 158 valence electrons. The predicted octanol–water partition coefficient (Wildman–Crippen LogP) is 5.43. The summed E-state index contributed by atoms with van der Waals surface area (Å²) >= 11 is 12.3. The summed E-state index contributed by atoms with van der Waals surface area (Å²) in [4.78, 5) is 17.2. The molecule has 0 unspecified atom stereocenters. The molecule has 0 atom stereocenters. The number of pyridine rings is 1. The van der Waals surface area contributed by atoms with E-state index in [0.29, 0.717) is 21.4 Å². The highest BCUT2D eigenvalue weighted by Crippen LogP contribution is 2.26. The number of aryl methyl sites for hydroxylation is 3. The number of amides is 1. The SMILES string of the molecule is Cc1ccc2nc(C)c(C(=O)N/N=C/c3cc(C)n(-c4cc(Cl)cc(Cl)c4)c3C)n2c1. The van der Waals surface area contributed by atoms with Crippen LogP contribution in [0.5, 0.6) is 0 Å². The van der Waals surface area contributed by atoms with Crippen molar-refractivity contribution in [3.8, 4) is 5.69 Å². The normalized spacial score (nSPS) is 11.5. The van der Waals surface area contributed by atoms with Crippen LogP contribution in [0.2, 0.25) is 10.0 Å². The number of fused-ring (bicyclic) bond motifs is 1. The van der Waals surface area contributed by atoms with E-state index in [0.717, 1.165) is 33.8 Å². The van der Waals surface area contributed by atoms with Gasteiger partial charge in [0.2, 0.25) is 0 Å². The van der Waals surface area contributed by atoms with Crippen molar-refractivity contribution in [2.45, 2.75) is 27.7 Å². The number of imidazole rings is 1. The Balaban J connectivity index is 1.60. The number of nitrogens with one attached hydrogen (secondary N) is 1. The van der Waals surface area contributed by atoms with Gasteiger partial charge in [-0.1, -0.05) is 29.3 Å². The molecule has 8 heteroatoms. The number of benzene rings is 1. The van der Waals surface area contributed by atoms with Gasteiger partial charge in [0.25, 0.3) is 5.91 Å². The Labute approximate surface area is 190 Å². The van der Waals surface area contributed by atoms with Crippen molar-refractivity contribution in [1.29, 1.82) is 0 Å². The molecule has 0 saturated carbocycles. The minimum atomic E-state index is -0.317. The molecule has 0 aliphatic heterocycles. The van der Waals surface area contributed by atoms with Gasteiger partial charge in [-0.05, 0) is 63.6 Å². The molecule has 4 rings (SSSR count). The van der Waals surface area contributed by atoms with Crippen molar-refractivity contribution in [2.24, 2.45) is 5.10 Å². The summed E-state index contributed by atoms with van der Waals surface area (Å²) in [5.41, 5.74) is 9.19. The van der Waals surface area contributed by atoms with E-state index in [-0.39, 0.29) is 5.91 Å². The molecule has 3 heterocycles. The molecule has 0 aliphatic carbocycles. The quantitative estimate of drug-likeness (QED) is 0.330. The van der Waals surface area contributed by atoms with E-state index in [1.807, 2.05) is 68.8 Å². The van der Waals surface area contributed by atoms with Crippen molar-refractivity contribution in [1.82, 2.24) is 19.4 Å². The van der Waals surface area contributed by atoms with Gasteiger partial charge in [-0.2, -0.15) is 5.10 Å². The number of hydrogen-bond acceptors (Lipinski definition) is 3. The second kappa shape index (κ2) is 8.21. The predicted molar refractivity (Wildman–Crippen MR) is 125 cm³/mol. The van der Waals surface area contributed by atoms with Gasteiger partial charge in [-0.25, -0.2) is 10.4 Å². The average molecular weight is 454 g/mol. The van der Waals surface area contributed by atoms with Gasteiger partial charge in [-0.3, -0.25) is 9.20 Å². The zero-order chi connectivity index (χ0) is 22.3. The summed E-state index contributed by atoms with van der Waals surface area (Å²) in [7, 11) is 0. The number of rotatable bonds is 4. The van der Waals surface area contributed by atoms with Crippen LogP contribution in [0.3, 0.4) is 0 Å². The van der Waals surface area contributed by atoms with E-state index in [1.165, 1.54) is 0 Å². The van der Waals surface area contributed by atoms with Crippen LogP contribution in [-0.4, -0.2) is 26.1 Å². The lowest BCUT2D eigenvalue weighted by Crippen LogP contribution is -2.20. The second-order valence-corrected chi connectivity index (χ2v) is 8.34. The third-order valence-corrected chi connectivity index (χ3v) is 5.54. The standard InChI is InChI=1S/C23H21Cl2N5O/c1-13-5-6-21-27-15(3)22(29(21)12-13)23(31)28-26-11-17-7-14(2)30(16(17)4)20-9-18(24)8-19(25)10-20/h5-12H,1-4H3,(H,28,31)/b26-11+. The van der Waals surface area contributed by atoms with Gasteiger partial charge in [-0.15, -0.1) is 0 Å². The van der Waals surface area contributed by atoms with Gasteiger partial charge in [0, 0.05) is 38.9 Å². The fraction of sp³-hybridized carbons (Fsp3) is 0.174. The van der Waals surface area contributed by atoms with Crippen LogP contribution < -0.4 is 5.43 Å². The summed E-state index contributed by atoms with van der Waals surface area (Å²) in [6.45, 7) is 7.74. The molecule has 1 amide bonds. The summed E-state index contributed by atoms with van der Waals surface area (Å²) < 4.78 is 3.82. The van der Waals surface area contributed by atoms with Gasteiger partial charge in [0.1, 0.15) is 11.3 Å². The Morgan fingerprint density at radius 3 is 2.48 bits per heavy atom. The zero-order valence-electron chi connectivity index (χ0n) is 17.6. The van der Waals surface area contributed by atoms with Gasteiger partial charge < -0.3 is 4.57 Å². The Morgan fingerprint density at radius 1 is 1.06 bits per heavy atom. The molecule has 6 nitrogen and oxygen atoms in total. The molecule has 1 aromatic carbocycles. The third-order valence-electron chi connectivity index (χ3n) is 5.10. The molecule has 0 spiro atoms. The van der Waals surface area contributed by atoms with E-state index in [2.05, 4.69) is 15.5 Å². The summed E-state index contributed by atoms with van der Waals surface area (Å²) in [6, 6.07) is 11.2. The van der Waals surface area contributed by atoms with E-state index in [9.17, 15) is 4.79 Å². The highest BCUT2D eigenvalue weighted by molar-refractivity contribution is 6.34. The summed E-state index contributed by atoms with van der Waals surface area (Å²) in [5.74, 6) is -0.317. The number of aromatic nitrogens is 3. The Kier molecular flexibility index (Phi) is 5.60. The molecule has 0 saturated heterocycles. The Hall–Kier alpha value is -3.09. The fourth-order valence-corrected chi connectivity index (χ4v) is 4.25. The molecular formula is C23H21Cl2N5O. The number of hydrogen-bond donors (Lipinski definition) is 1. The van der Waals surface area contributed by atoms with Crippen molar-refractivity contribution in [3.63, 3.8) is 0 Å². The fourth-order valence-electron chi connectivity index (χ4n) is 3.74. The minimum Gasteiger partial charge on any atom is -0.318 e. The number of halogens is 2. The van der Waals surface area contributed by atoms with Crippen LogP contribution in [0.4, 0.5) is 0 Å². The molecule has 0 aliphatic rings. The highest BCUT2D eigenvalue weighted by Gasteiger charge is 2.16. The maximum atomic E-state index is 12.8. The maximum Gasteiger partial charge on any atom is 0.290 e. The van der Waals surface area contributed by atoms with Crippen molar-refractivity contribution < 1.29 is 4.79 Å². The first-order chi connectivity index (χ1) is 14.7. The molecule has 4 aromatic rings. The van der Waals surface area contributed by atoms with E-state index >= 15 is 0 Å². The molecule has 3 aromatic heterocycles. The van der Waals surface area contributed by atoms with Crippen molar-refractivity contribution in [3.05, 3.63) is 86.5 Å². The third kappa shape index (κ3) is 4.09. The molecule has 0 radical (unpaired) electrons. The van der Waals surface area contributed by atoms with Crippen LogP contribution >= 0.6 is 23.2 Å². The second-order valence-electron chi connectivity index (χ2n) is 7.47.